The average molecular weight is 253 g/mol. The largest absolute Gasteiger partial charge is 0.504 e. The van der Waals surface area contributed by atoms with Crippen LogP contribution < -0.4 is 10.1 Å². The van der Waals surface area contributed by atoms with Crippen molar-refractivity contribution in [1.82, 2.24) is 5.32 Å². The molecular formula is C12H15NO5. The fraction of sp³-hybridized carbons (Fsp3) is 0.333. The molecule has 0 aliphatic heterocycles. The van der Waals surface area contributed by atoms with Gasteiger partial charge in [0.05, 0.1) is 0 Å². The van der Waals surface area contributed by atoms with Crippen LogP contribution in [0, 0.1) is 0 Å². The van der Waals surface area contributed by atoms with Crippen LogP contribution in [0.3, 0.4) is 0 Å². The number of ether oxygens (including phenoxy) is 1. The molecule has 0 spiro atoms. The van der Waals surface area contributed by atoms with Crippen LogP contribution in [-0.4, -0.2) is 34.2 Å². The lowest BCUT2D eigenvalue weighted by Gasteiger charge is -2.20. The number of carbonyl (C=O) groups is 2. The van der Waals surface area contributed by atoms with Crippen molar-refractivity contribution < 1.29 is 24.5 Å². The zero-order chi connectivity index (χ0) is 13.8. The number of phenols is 1. The summed E-state index contributed by atoms with van der Waals surface area (Å²) in [5.41, 5.74) is -1.36. The number of para-hydroxylation sites is 2. The molecule has 1 aromatic rings. The van der Waals surface area contributed by atoms with Gasteiger partial charge in [0.25, 0.3) is 5.91 Å². The highest BCUT2D eigenvalue weighted by molar-refractivity contribution is 5.86. The molecule has 98 valence electrons. The molecule has 0 unspecified atom stereocenters. The molecule has 0 aliphatic carbocycles. The Bertz CT molecular complexity index is 456. The number of carboxylic acid groups (broad SMARTS) is 1. The van der Waals surface area contributed by atoms with Crippen molar-refractivity contribution >= 4 is 11.9 Å². The van der Waals surface area contributed by atoms with Gasteiger partial charge in [-0.05, 0) is 26.0 Å². The van der Waals surface area contributed by atoms with E-state index in [0.717, 1.165) is 0 Å². The van der Waals surface area contributed by atoms with Gasteiger partial charge in [-0.15, -0.1) is 0 Å². The molecule has 1 amide bonds. The van der Waals surface area contributed by atoms with Crippen LogP contribution in [-0.2, 0) is 9.59 Å². The maximum absolute atomic E-state index is 11.5. The number of hydrogen-bond donors (Lipinski definition) is 3. The molecule has 0 aromatic heterocycles. The summed E-state index contributed by atoms with van der Waals surface area (Å²) in [7, 11) is 0. The highest BCUT2D eigenvalue weighted by atomic mass is 16.5. The van der Waals surface area contributed by atoms with Crippen LogP contribution in [0.25, 0.3) is 0 Å². The normalized spacial score (nSPS) is 10.8. The van der Waals surface area contributed by atoms with Crippen molar-refractivity contribution in [1.29, 1.82) is 0 Å². The highest BCUT2D eigenvalue weighted by Crippen LogP contribution is 2.24. The summed E-state index contributed by atoms with van der Waals surface area (Å²) in [5.74, 6) is -1.63. The number of phenolic OH excluding ortho intramolecular Hbond substituents is 1. The van der Waals surface area contributed by atoms with Crippen LogP contribution in [0.4, 0.5) is 0 Å². The third-order valence-electron chi connectivity index (χ3n) is 2.21. The number of carbonyl (C=O) groups excluding carboxylic acids is 1. The minimum absolute atomic E-state index is 0.0807. The fourth-order valence-electron chi connectivity index (χ4n) is 1.16. The second kappa shape index (κ2) is 5.39. The van der Waals surface area contributed by atoms with Crippen molar-refractivity contribution in [3.63, 3.8) is 0 Å². The number of nitrogens with one attached hydrogen (secondary N) is 1. The van der Waals surface area contributed by atoms with Crippen LogP contribution in [0.1, 0.15) is 13.8 Å². The standard InChI is InChI=1S/C12H15NO5/c1-12(2,11(16)17)13-10(15)7-18-9-6-4-3-5-8(9)14/h3-6,14H,7H2,1-2H3,(H,13,15)(H,16,17). The Morgan fingerprint density at radius 2 is 1.94 bits per heavy atom. The fourth-order valence-corrected chi connectivity index (χ4v) is 1.16. The Balaban J connectivity index is 2.53. The van der Waals surface area contributed by atoms with Crippen molar-refractivity contribution in [2.45, 2.75) is 19.4 Å². The molecular weight excluding hydrogens is 238 g/mol. The summed E-state index contributed by atoms with van der Waals surface area (Å²) in [6.45, 7) is 2.37. The topological polar surface area (TPSA) is 95.9 Å². The summed E-state index contributed by atoms with van der Waals surface area (Å²) in [4.78, 5) is 22.3. The van der Waals surface area contributed by atoms with Gasteiger partial charge in [-0.1, -0.05) is 12.1 Å². The van der Waals surface area contributed by atoms with E-state index >= 15 is 0 Å². The number of rotatable bonds is 5. The van der Waals surface area contributed by atoms with Crippen LogP contribution in [0.5, 0.6) is 11.5 Å². The van der Waals surface area contributed by atoms with Crippen molar-refractivity contribution in [2.75, 3.05) is 6.61 Å². The second-order valence-electron chi connectivity index (χ2n) is 4.23. The first-order valence-corrected chi connectivity index (χ1v) is 5.28. The number of amides is 1. The van der Waals surface area contributed by atoms with Crippen molar-refractivity contribution in [3.05, 3.63) is 24.3 Å². The molecule has 0 heterocycles. The Morgan fingerprint density at radius 3 is 2.50 bits per heavy atom. The van der Waals surface area contributed by atoms with E-state index in [-0.39, 0.29) is 18.1 Å². The van der Waals surface area contributed by atoms with E-state index < -0.39 is 17.4 Å². The quantitative estimate of drug-likeness (QED) is 0.719. The molecule has 0 saturated heterocycles. The van der Waals surface area contributed by atoms with E-state index in [9.17, 15) is 14.7 Å². The second-order valence-corrected chi connectivity index (χ2v) is 4.23. The molecule has 6 nitrogen and oxygen atoms in total. The van der Waals surface area contributed by atoms with Crippen molar-refractivity contribution in [2.24, 2.45) is 0 Å². The molecule has 0 radical (unpaired) electrons. The minimum atomic E-state index is -1.36. The Kier molecular flexibility index (Phi) is 4.14. The third-order valence-corrected chi connectivity index (χ3v) is 2.21. The molecule has 0 atom stereocenters. The Hall–Kier alpha value is -2.24. The summed E-state index contributed by atoms with van der Waals surface area (Å²) in [6.07, 6.45) is 0. The lowest BCUT2D eigenvalue weighted by atomic mass is 10.1. The third kappa shape index (κ3) is 3.65. The predicted octanol–water partition coefficient (Wildman–Crippen LogP) is 0.750. The zero-order valence-corrected chi connectivity index (χ0v) is 10.1. The van der Waals surface area contributed by atoms with E-state index in [1.54, 1.807) is 12.1 Å². The first-order chi connectivity index (χ1) is 8.33. The minimum Gasteiger partial charge on any atom is -0.504 e. The van der Waals surface area contributed by atoms with Gasteiger partial charge >= 0.3 is 5.97 Å². The molecule has 1 rings (SSSR count). The van der Waals surface area contributed by atoms with Gasteiger partial charge in [0.2, 0.25) is 0 Å². The molecule has 0 saturated carbocycles. The zero-order valence-electron chi connectivity index (χ0n) is 10.1. The first kappa shape index (κ1) is 13.8. The maximum atomic E-state index is 11.5. The van der Waals surface area contributed by atoms with E-state index in [1.165, 1.54) is 26.0 Å². The Labute approximate surface area is 104 Å². The summed E-state index contributed by atoms with van der Waals surface area (Å²) in [6, 6.07) is 6.20. The lowest BCUT2D eigenvalue weighted by molar-refractivity contribution is -0.146. The van der Waals surface area contributed by atoms with Gasteiger partial charge in [-0.25, -0.2) is 4.79 Å². The van der Waals surface area contributed by atoms with Crippen LogP contribution >= 0.6 is 0 Å². The summed E-state index contributed by atoms with van der Waals surface area (Å²) >= 11 is 0. The van der Waals surface area contributed by atoms with E-state index in [1.807, 2.05) is 0 Å². The number of hydrogen-bond acceptors (Lipinski definition) is 4. The smallest absolute Gasteiger partial charge is 0.328 e. The maximum Gasteiger partial charge on any atom is 0.328 e. The summed E-state index contributed by atoms with van der Waals surface area (Å²) < 4.78 is 5.07. The van der Waals surface area contributed by atoms with Gasteiger partial charge in [-0.2, -0.15) is 0 Å². The molecule has 6 heteroatoms. The SMILES string of the molecule is CC(C)(NC(=O)COc1ccccc1O)C(=O)O. The van der Waals surface area contributed by atoms with Gasteiger partial charge < -0.3 is 20.3 Å². The molecule has 0 bridgehead atoms. The summed E-state index contributed by atoms with van der Waals surface area (Å²) in [5, 5.41) is 20.5. The number of carboxylic acids is 1. The monoisotopic (exact) mass is 253 g/mol. The first-order valence-electron chi connectivity index (χ1n) is 5.28. The van der Waals surface area contributed by atoms with Crippen LogP contribution in [0.15, 0.2) is 24.3 Å². The van der Waals surface area contributed by atoms with E-state index in [4.69, 9.17) is 9.84 Å². The van der Waals surface area contributed by atoms with Gasteiger partial charge in [-0.3, -0.25) is 4.79 Å². The lowest BCUT2D eigenvalue weighted by Crippen LogP contribution is -2.51. The Morgan fingerprint density at radius 1 is 1.33 bits per heavy atom. The molecule has 0 aliphatic rings. The molecule has 3 N–H and O–H groups in total. The molecule has 1 aromatic carbocycles. The number of benzene rings is 1. The predicted molar refractivity (Wildman–Crippen MR) is 63.5 cm³/mol. The van der Waals surface area contributed by atoms with Gasteiger partial charge in [0.15, 0.2) is 18.1 Å². The number of aliphatic carboxylic acids is 1. The highest BCUT2D eigenvalue weighted by Gasteiger charge is 2.28. The van der Waals surface area contributed by atoms with Gasteiger partial charge in [0, 0.05) is 0 Å². The van der Waals surface area contributed by atoms with Gasteiger partial charge in [0.1, 0.15) is 5.54 Å². The average Bonchev–Trinajstić information content (AvgIpc) is 2.27. The van der Waals surface area contributed by atoms with E-state index in [2.05, 4.69) is 5.32 Å². The molecule has 0 fully saturated rings. The van der Waals surface area contributed by atoms with Crippen molar-refractivity contribution in [3.8, 4) is 11.5 Å². The van der Waals surface area contributed by atoms with Crippen LogP contribution in [0.2, 0.25) is 0 Å². The number of aromatic hydroxyl groups is 1. The molecule has 18 heavy (non-hydrogen) atoms. The van der Waals surface area contributed by atoms with E-state index in [0.29, 0.717) is 0 Å².